The van der Waals surface area contributed by atoms with E-state index >= 15 is 0 Å². The van der Waals surface area contributed by atoms with Gasteiger partial charge in [-0.2, -0.15) is 0 Å². The van der Waals surface area contributed by atoms with Crippen molar-refractivity contribution in [1.82, 2.24) is 0 Å². The second-order valence-electron chi connectivity index (χ2n) is 5.85. The first-order chi connectivity index (χ1) is 14.4. The number of hydrogen-bond acceptors (Lipinski definition) is 4. The summed E-state index contributed by atoms with van der Waals surface area (Å²) in [5.74, 6) is -0.548. The van der Waals surface area contributed by atoms with Crippen molar-refractivity contribution in [3.05, 3.63) is 57.0 Å². The summed E-state index contributed by atoms with van der Waals surface area (Å²) in [6.45, 7) is 4.48. The molecule has 0 atom stereocenters. The Morgan fingerprint density at radius 3 is 1.93 bits per heavy atom. The zero-order valence-electron chi connectivity index (χ0n) is 16.2. The molecule has 10 heteroatoms. The molecule has 1 aliphatic rings. The van der Waals surface area contributed by atoms with Crippen LogP contribution >= 0.6 is 63.7 Å². The minimum absolute atomic E-state index is 0.171. The molecule has 0 radical (unpaired) electrons. The van der Waals surface area contributed by atoms with Crippen LogP contribution in [0.2, 0.25) is 0 Å². The fraction of sp³-hybridized carbons (Fsp3) is 0.400. The molecule has 2 aromatic carbocycles. The predicted octanol–water partition coefficient (Wildman–Crippen LogP) is 6.39. The molecule has 0 bridgehead atoms. The first kappa shape index (κ1) is 27.8. The van der Waals surface area contributed by atoms with Crippen molar-refractivity contribution in [2.75, 3.05) is 60.8 Å². The quantitative estimate of drug-likeness (QED) is 0.226. The molecular formula is C20H24Br4F2N2O2. The Morgan fingerprint density at radius 1 is 0.900 bits per heavy atom. The maximum Gasteiger partial charge on any atom is 0.146 e. The summed E-state index contributed by atoms with van der Waals surface area (Å²) in [6, 6.07) is 9.44. The zero-order valence-corrected chi connectivity index (χ0v) is 22.6. The number of ether oxygens (including phenoxy) is 2. The molecule has 168 valence electrons. The lowest BCUT2D eigenvalue weighted by molar-refractivity contribution is 0.122. The van der Waals surface area contributed by atoms with Crippen molar-refractivity contribution < 1.29 is 18.3 Å². The lowest BCUT2D eigenvalue weighted by Crippen LogP contribution is -2.36. The number of morpholine rings is 1. The molecule has 0 aromatic heterocycles. The number of anilines is 2. The monoisotopic (exact) mass is 678 g/mol. The van der Waals surface area contributed by atoms with Crippen LogP contribution in [-0.4, -0.2) is 50.2 Å². The zero-order chi connectivity index (χ0) is 22.4. The Kier molecular flexibility index (Phi) is 15.2. The van der Waals surface area contributed by atoms with E-state index in [-0.39, 0.29) is 17.3 Å². The van der Waals surface area contributed by atoms with Gasteiger partial charge in [0.25, 0.3) is 0 Å². The van der Waals surface area contributed by atoms with Gasteiger partial charge in [-0.15, -0.1) is 0 Å². The molecule has 4 nitrogen and oxygen atoms in total. The minimum atomic E-state index is -0.377. The van der Waals surface area contributed by atoms with E-state index in [1.807, 2.05) is 4.90 Å². The number of hydrogen-bond donors (Lipinski definition) is 1. The summed E-state index contributed by atoms with van der Waals surface area (Å²) in [7, 11) is 0. The number of nitrogens with two attached hydrogens (primary N) is 1. The van der Waals surface area contributed by atoms with Gasteiger partial charge in [0, 0.05) is 32.7 Å². The highest BCUT2D eigenvalue weighted by Gasteiger charge is 2.14. The van der Waals surface area contributed by atoms with E-state index in [2.05, 4.69) is 63.7 Å². The lowest BCUT2D eigenvalue weighted by Gasteiger charge is -2.29. The molecule has 2 aromatic rings. The van der Waals surface area contributed by atoms with Crippen LogP contribution in [0.15, 0.2) is 45.3 Å². The second-order valence-corrected chi connectivity index (χ2v) is 9.27. The molecule has 1 fully saturated rings. The van der Waals surface area contributed by atoms with E-state index < -0.39 is 0 Å². The van der Waals surface area contributed by atoms with Crippen LogP contribution in [0.25, 0.3) is 0 Å². The first-order valence-corrected chi connectivity index (χ1v) is 12.9. The molecular weight excluding hydrogens is 658 g/mol. The van der Waals surface area contributed by atoms with Gasteiger partial charge in [-0.25, -0.2) is 8.78 Å². The summed E-state index contributed by atoms with van der Waals surface area (Å²) in [5, 5.41) is 1.86. The maximum atomic E-state index is 13.5. The number of nitrogens with zero attached hydrogens (tertiary/aromatic N) is 1. The largest absolute Gasteiger partial charge is 0.396 e. The van der Waals surface area contributed by atoms with Gasteiger partial charge >= 0.3 is 0 Å². The van der Waals surface area contributed by atoms with Crippen LogP contribution in [0.4, 0.5) is 20.2 Å². The van der Waals surface area contributed by atoms with Gasteiger partial charge in [0.15, 0.2) is 0 Å². The standard InChI is InChI=1S/C10H11BrFNO.C6H5BrFN.C4H8Br2O/c11-8-1-2-9(12)10(7-8)13-3-5-14-6-4-13;7-4-1-2-5(8)6(9)3-4;5-1-3-7-4-2-6/h1-2,7H,3-6H2;1-3H,9H2;1-4H2. The van der Waals surface area contributed by atoms with Gasteiger partial charge in [-0.1, -0.05) is 63.7 Å². The van der Waals surface area contributed by atoms with Crippen LogP contribution in [0.3, 0.4) is 0 Å². The first-order valence-electron chi connectivity index (χ1n) is 9.07. The van der Waals surface area contributed by atoms with Crippen LogP contribution in [0, 0.1) is 11.6 Å². The van der Waals surface area contributed by atoms with E-state index in [9.17, 15) is 8.78 Å². The fourth-order valence-electron chi connectivity index (χ4n) is 2.26. The van der Waals surface area contributed by atoms with Crippen LogP contribution < -0.4 is 10.6 Å². The van der Waals surface area contributed by atoms with Gasteiger partial charge in [0.2, 0.25) is 0 Å². The Bertz CT molecular complexity index is 747. The Hall–Kier alpha value is -0.260. The van der Waals surface area contributed by atoms with Crippen molar-refractivity contribution in [2.45, 2.75) is 0 Å². The van der Waals surface area contributed by atoms with E-state index in [4.69, 9.17) is 15.2 Å². The third-order valence-corrected chi connectivity index (χ3v) is 5.29. The molecule has 1 aliphatic heterocycles. The Morgan fingerprint density at radius 2 is 1.43 bits per heavy atom. The van der Waals surface area contributed by atoms with Crippen molar-refractivity contribution in [2.24, 2.45) is 0 Å². The Labute approximate surface area is 210 Å². The molecule has 1 heterocycles. The van der Waals surface area contributed by atoms with Crippen molar-refractivity contribution in [1.29, 1.82) is 0 Å². The molecule has 0 saturated carbocycles. The highest BCUT2D eigenvalue weighted by atomic mass is 79.9. The number of halogens is 6. The molecule has 3 rings (SSSR count). The van der Waals surface area contributed by atoms with Crippen LogP contribution in [0.5, 0.6) is 0 Å². The summed E-state index contributed by atoms with van der Waals surface area (Å²) in [4.78, 5) is 2.00. The molecule has 1 saturated heterocycles. The highest BCUT2D eigenvalue weighted by Crippen LogP contribution is 2.24. The molecule has 0 spiro atoms. The van der Waals surface area contributed by atoms with Crippen molar-refractivity contribution in [3.63, 3.8) is 0 Å². The SMILES string of the molecule is BrCCOCCBr.Fc1ccc(Br)cc1N1CCOCC1.Nc1cc(Br)ccc1F. The fourth-order valence-corrected chi connectivity index (χ4v) is 3.44. The second kappa shape index (κ2) is 16.4. The summed E-state index contributed by atoms with van der Waals surface area (Å²) < 4.78 is 37.8. The molecule has 2 N–H and O–H groups in total. The number of nitrogen functional groups attached to an aromatic ring is 1. The van der Waals surface area contributed by atoms with Crippen molar-refractivity contribution in [3.8, 4) is 0 Å². The van der Waals surface area contributed by atoms with E-state index in [0.29, 0.717) is 18.9 Å². The van der Waals surface area contributed by atoms with E-state index in [0.717, 1.165) is 45.9 Å². The predicted molar refractivity (Wildman–Crippen MR) is 134 cm³/mol. The summed E-state index contributed by atoms with van der Waals surface area (Å²) in [5.41, 5.74) is 6.04. The molecule has 0 amide bonds. The topological polar surface area (TPSA) is 47.7 Å². The van der Waals surface area contributed by atoms with Crippen LogP contribution in [0.1, 0.15) is 0 Å². The summed E-state index contributed by atoms with van der Waals surface area (Å²) >= 11 is 13.0. The summed E-state index contributed by atoms with van der Waals surface area (Å²) in [6.07, 6.45) is 0. The van der Waals surface area contributed by atoms with Gasteiger partial charge in [-0.05, 0) is 36.4 Å². The Balaban J connectivity index is 0.000000244. The molecule has 30 heavy (non-hydrogen) atoms. The van der Waals surface area contributed by atoms with Gasteiger partial charge in [0.1, 0.15) is 11.6 Å². The normalized spacial score (nSPS) is 13.1. The maximum absolute atomic E-state index is 13.5. The average molecular weight is 682 g/mol. The lowest BCUT2D eigenvalue weighted by atomic mass is 10.2. The number of benzene rings is 2. The van der Waals surface area contributed by atoms with E-state index in [1.165, 1.54) is 18.2 Å². The third kappa shape index (κ3) is 11.4. The van der Waals surface area contributed by atoms with Crippen LogP contribution in [-0.2, 0) is 9.47 Å². The highest BCUT2D eigenvalue weighted by molar-refractivity contribution is 9.11. The van der Waals surface area contributed by atoms with Gasteiger partial charge in [-0.3, -0.25) is 0 Å². The minimum Gasteiger partial charge on any atom is -0.396 e. The average Bonchev–Trinajstić information content (AvgIpc) is 2.75. The van der Waals surface area contributed by atoms with E-state index in [1.54, 1.807) is 18.2 Å². The van der Waals surface area contributed by atoms with Crippen molar-refractivity contribution >= 4 is 75.1 Å². The molecule has 0 unspecified atom stereocenters. The third-order valence-electron chi connectivity index (χ3n) is 3.66. The number of alkyl halides is 2. The number of rotatable bonds is 5. The molecule has 0 aliphatic carbocycles. The van der Waals surface area contributed by atoms with Gasteiger partial charge in [0.05, 0.1) is 37.8 Å². The smallest absolute Gasteiger partial charge is 0.146 e. The van der Waals surface area contributed by atoms with Gasteiger partial charge < -0.3 is 20.1 Å².